The van der Waals surface area contributed by atoms with Crippen LogP contribution in [0.5, 0.6) is 11.5 Å². The predicted molar refractivity (Wildman–Crippen MR) is 93.8 cm³/mol. The van der Waals surface area contributed by atoms with E-state index in [-0.39, 0.29) is 29.4 Å². The van der Waals surface area contributed by atoms with Crippen LogP contribution >= 0.6 is 0 Å². The Hall–Kier alpha value is -3.85. The molecule has 6 heteroatoms. The second-order valence-corrected chi connectivity index (χ2v) is 5.47. The van der Waals surface area contributed by atoms with Crippen LogP contribution in [-0.2, 0) is 6.61 Å². The van der Waals surface area contributed by atoms with E-state index in [1.807, 2.05) is 36.4 Å². The maximum absolute atomic E-state index is 11.2. The number of nitriles is 1. The lowest BCUT2D eigenvalue weighted by atomic mass is 10.1. The molecule has 0 unspecified atom stereocenters. The lowest BCUT2D eigenvalue weighted by molar-refractivity contribution is 0.0697. The lowest BCUT2D eigenvalue weighted by Crippen LogP contribution is -2.00. The summed E-state index contributed by atoms with van der Waals surface area (Å²) in [5, 5.41) is 28.5. The molecule has 2 aromatic carbocycles. The number of carboxylic acids is 1. The summed E-state index contributed by atoms with van der Waals surface area (Å²) >= 11 is 0. The third kappa shape index (κ3) is 3.62. The zero-order valence-electron chi connectivity index (χ0n) is 13.6. The first-order valence-electron chi connectivity index (χ1n) is 7.73. The van der Waals surface area contributed by atoms with E-state index in [1.165, 1.54) is 18.2 Å². The molecule has 6 nitrogen and oxygen atoms in total. The number of hydrogen-bond acceptors (Lipinski definition) is 5. The molecule has 0 aliphatic heterocycles. The third-order valence-corrected chi connectivity index (χ3v) is 3.71. The highest BCUT2D eigenvalue weighted by Gasteiger charge is 2.15. The van der Waals surface area contributed by atoms with Gasteiger partial charge in [0.2, 0.25) is 0 Å². The maximum atomic E-state index is 11.2. The SMILES string of the molecule is N#Cc1nc(-c2cccc(C(=O)O)c2)cc(OCc2ccccc2)c1O. The fraction of sp³-hybridized carbons (Fsp3) is 0.0500. The Morgan fingerprint density at radius 2 is 1.88 bits per heavy atom. The number of aromatic carboxylic acids is 1. The average Bonchev–Trinajstić information content (AvgIpc) is 2.68. The minimum absolute atomic E-state index is 0.0997. The molecular weight excluding hydrogens is 332 g/mol. The topological polar surface area (TPSA) is 103 Å². The molecule has 3 aromatic rings. The molecule has 2 N–H and O–H groups in total. The first-order chi connectivity index (χ1) is 12.6. The van der Waals surface area contributed by atoms with Crippen molar-refractivity contribution in [2.24, 2.45) is 0 Å². The molecule has 0 aliphatic rings. The van der Waals surface area contributed by atoms with Gasteiger partial charge < -0.3 is 14.9 Å². The standard InChI is InChI=1S/C20H14N2O4/c21-11-17-19(23)18(26-12-13-5-2-1-3-6-13)10-16(22-17)14-7-4-8-15(9-14)20(24)25/h1-10,23H,12H2,(H,24,25). The van der Waals surface area contributed by atoms with Gasteiger partial charge in [-0.15, -0.1) is 0 Å². The highest BCUT2D eigenvalue weighted by Crippen LogP contribution is 2.33. The highest BCUT2D eigenvalue weighted by molar-refractivity contribution is 5.89. The molecule has 0 atom stereocenters. The van der Waals surface area contributed by atoms with Gasteiger partial charge in [-0.3, -0.25) is 0 Å². The van der Waals surface area contributed by atoms with E-state index in [4.69, 9.17) is 9.84 Å². The summed E-state index contributed by atoms with van der Waals surface area (Å²) in [5.74, 6) is -1.30. The van der Waals surface area contributed by atoms with Crippen LogP contribution in [0.15, 0.2) is 60.7 Å². The molecule has 0 bridgehead atoms. The van der Waals surface area contributed by atoms with Gasteiger partial charge in [-0.1, -0.05) is 42.5 Å². The van der Waals surface area contributed by atoms with Crippen molar-refractivity contribution in [2.45, 2.75) is 6.61 Å². The Balaban J connectivity index is 1.98. The molecular formula is C20H14N2O4. The predicted octanol–water partition coefficient (Wildman–Crippen LogP) is 3.60. The van der Waals surface area contributed by atoms with Crippen molar-refractivity contribution >= 4 is 5.97 Å². The van der Waals surface area contributed by atoms with Gasteiger partial charge in [0, 0.05) is 11.6 Å². The average molecular weight is 346 g/mol. The molecule has 26 heavy (non-hydrogen) atoms. The number of benzene rings is 2. The lowest BCUT2D eigenvalue weighted by Gasteiger charge is -2.11. The molecule has 1 aromatic heterocycles. The number of rotatable bonds is 5. The fourth-order valence-electron chi connectivity index (χ4n) is 2.40. The quantitative estimate of drug-likeness (QED) is 0.731. The Morgan fingerprint density at radius 1 is 1.12 bits per heavy atom. The van der Waals surface area contributed by atoms with Gasteiger partial charge in [-0.05, 0) is 17.7 Å². The van der Waals surface area contributed by atoms with Gasteiger partial charge in [0.25, 0.3) is 0 Å². The third-order valence-electron chi connectivity index (χ3n) is 3.71. The zero-order chi connectivity index (χ0) is 18.5. The van der Waals surface area contributed by atoms with Gasteiger partial charge in [0.15, 0.2) is 17.2 Å². The Kier molecular flexibility index (Phi) is 4.81. The van der Waals surface area contributed by atoms with Crippen LogP contribution < -0.4 is 4.74 Å². The van der Waals surface area contributed by atoms with E-state index in [2.05, 4.69) is 4.98 Å². The molecule has 0 fully saturated rings. The zero-order valence-corrected chi connectivity index (χ0v) is 13.6. The van der Waals surface area contributed by atoms with E-state index in [9.17, 15) is 15.2 Å². The number of ether oxygens (including phenoxy) is 1. The van der Waals surface area contributed by atoms with Crippen molar-refractivity contribution < 1.29 is 19.7 Å². The first-order valence-corrected chi connectivity index (χ1v) is 7.73. The largest absolute Gasteiger partial charge is 0.502 e. The molecule has 1 heterocycles. The van der Waals surface area contributed by atoms with Crippen molar-refractivity contribution in [3.8, 4) is 28.8 Å². The van der Waals surface area contributed by atoms with Crippen LogP contribution in [0, 0.1) is 11.3 Å². The maximum Gasteiger partial charge on any atom is 0.335 e. The number of carboxylic acid groups (broad SMARTS) is 1. The number of hydrogen-bond donors (Lipinski definition) is 2. The number of aromatic hydroxyl groups is 1. The first kappa shape index (κ1) is 17.0. The van der Waals surface area contributed by atoms with Crippen LogP contribution in [0.4, 0.5) is 0 Å². The van der Waals surface area contributed by atoms with Gasteiger partial charge in [-0.2, -0.15) is 5.26 Å². The van der Waals surface area contributed by atoms with E-state index in [1.54, 1.807) is 12.1 Å². The van der Waals surface area contributed by atoms with Crippen LogP contribution in [-0.4, -0.2) is 21.2 Å². The van der Waals surface area contributed by atoms with Gasteiger partial charge >= 0.3 is 5.97 Å². The monoisotopic (exact) mass is 346 g/mol. The summed E-state index contributed by atoms with van der Waals surface area (Å²) in [4.78, 5) is 15.2. The summed E-state index contributed by atoms with van der Waals surface area (Å²) in [7, 11) is 0. The normalized spacial score (nSPS) is 10.1. The van der Waals surface area contributed by atoms with E-state index in [0.29, 0.717) is 11.3 Å². The van der Waals surface area contributed by atoms with Gasteiger partial charge in [-0.25, -0.2) is 9.78 Å². The number of nitrogens with zero attached hydrogens (tertiary/aromatic N) is 2. The molecule has 0 saturated carbocycles. The molecule has 0 saturated heterocycles. The van der Waals surface area contributed by atoms with Crippen LogP contribution in [0.2, 0.25) is 0 Å². The van der Waals surface area contributed by atoms with Gasteiger partial charge in [0.05, 0.1) is 11.3 Å². The molecule has 0 spiro atoms. The van der Waals surface area contributed by atoms with Crippen molar-refractivity contribution in [1.29, 1.82) is 5.26 Å². The van der Waals surface area contributed by atoms with Crippen LogP contribution in [0.25, 0.3) is 11.3 Å². The van der Waals surface area contributed by atoms with E-state index < -0.39 is 5.97 Å². The van der Waals surface area contributed by atoms with Crippen molar-refractivity contribution in [2.75, 3.05) is 0 Å². The second kappa shape index (κ2) is 7.36. The minimum Gasteiger partial charge on any atom is -0.502 e. The molecule has 0 aliphatic carbocycles. The van der Waals surface area contributed by atoms with Gasteiger partial charge in [0.1, 0.15) is 12.7 Å². The summed E-state index contributed by atoms with van der Waals surface area (Å²) in [6, 6.07) is 18.9. The van der Waals surface area contributed by atoms with E-state index >= 15 is 0 Å². The number of aromatic nitrogens is 1. The van der Waals surface area contributed by atoms with Crippen LogP contribution in [0.3, 0.4) is 0 Å². The molecule has 0 radical (unpaired) electrons. The fourth-order valence-corrected chi connectivity index (χ4v) is 2.40. The Bertz CT molecular complexity index is 994. The summed E-state index contributed by atoms with van der Waals surface area (Å²) in [5.41, 5.74) is 1.65. The summed E-state index contributed by atoms with van der Waals surface area (Å²) in [6.45, 7) is 0.206. The minimum atomic E-state index is -1.06. The summed E-state index contributed by atoms with van der Waals surface area (Å²) in [6.07, 6.45) is 0. The van der Waals surface area contributed by atoms with E-state index in [0.717, 1.165) is 5.56 Å². The van der Waals surface area contributed by atoms with Crippen molar-refractivity contribution in [3.05, 3.63) is 77.5 Å². The number of pyridine rings is 1. The second-order valence-electron chi connectivity index (χ2n) is 5.47. The Morgan fingerprint density at radius 3 is 2.58 bits per heavy atom. The highest BCUT2D eigenvalue weighted by atomic mass is 16.5. The molecule has 128 valence electrons. The Labute approximate surface area is 149 Å². The number of carbonyl (C=O) groups is 1. The summed E-state index contributed by atoms with van der Waals surface area (Å²) < 4.78 is 5.65. The van der Waals surface area contributed by atoms with Crippen molar-refractivity contribution in [3.63, 3.8) is 0 Å². The van der Waals surface area contributed by atoms with Crippen molar-refractivity contribution in [1.82, 2.24) is 4.98 Å². The molecule has 3 rings (SSSR count). The van der Waals surface area contributed by atoms with Crippen LogP contribution in [0.1, 0.15) is 21.6 Å². The molecule has 0 amide bonds. The smallest absolute Gasteiger partial charge is 0.335 e.